The number of nitrogens with zero attached hydrogens (tertiary/aromatic N) is 4. The molecule has 4 heterocycles. The number of piperidine rings is 1. The molecule has 0 aliphatic carbocycles. The number of likely N-dealkylation sites (N-methyl/N-ethyl adjacent to an activating group) is 1. The van der Waals surface area contributed by atoms with E-state index in [1.165, 1.54) is 6.07 Å². The van der Waals surface area contributed by atoms with Crippen molar-refractivity contribution in [3.8, 4) is 17.1 Å². The molecule has 1 aromatic carbocycles. The molecule has 0 unspecified atom stereocenters. The summed E-state index contributed by atoms with van der Waals surface area (Å²) in [5, 5.41) is 3.31. The van der Waals surface area contributed by atoms with Crippen LogP contribution in [0.4, 0.5) is 18.9 Å². The summed E-state index contributed by atoms with van der Waals surface area (Å²) in [6.07, 6.45) is 0.736. The standard InChI is InChI=1S/C30H33ClF3N5O2/c1-3-41-27-23(5-4-13-35-27)25-8-6-21(18-36-25)29(28(40)37-22-10-14-38(2)19-22)11-15-39(16-12-29)26-9-7-20(17-24(26)31)30(32,33)34/h4-9,13,17-18,22H,3,10-12,14-16,19H2,1-2H3,(H,37,40)/t22-/m0/s1. The normalized spacial score (nSPS) is 19.3. The Morgan fingerprint density at radius 3 is 2.54 bits per heavy atom. The number of alkyl halides is 3. The van der Waals surface area contributed by atoms with E-state index in [2.05, 4.69) is 15.2 Å². The lowest BCUT2D eigenvalue weighted by atomic mass is 9.72. The van der Waals surface area contributed by atoms with E-state index in [9.17, 15) is 18.0 Å². The predicted molar refractivity (Wildman–Crippen MR) is 152 cm³/mol. The third-order valence-corrected chi connectivity index (χ3v) is 8.34. The van der Waals surface area contributed by atoms with Gasteiger partial charge in [-0.15, -0.1) is 0 Å². The summed E-state index contributed by atoms with van der Waals surface area (Å²) in [4.78, 5) is 27.1. The summed E-state index contributed by atoms with van der Waals surface area (Å²) in [6, 6.07) is 11.0. The number of aromatic nitrogens is 2. The highest BCUT2D eigenvalue weighted by molar-refractivity contribution is 6.33. The number of benzene rings is 1. The van der Waals surface area contributed by atoms with Crippen LogP contribution in [0.15, 0.2) is 54.9 Å². The van der Waals surface area contributed by atoms with E-state index in [4.69, 9.17) is 21.3 Å². The van der Waals surface area contributed by atoms with Crippen molar-refractivity contribution in [2.45, 2.75) is 43.8 Å². The Morgan fingerprint density at radius 1 is 1.15 bits per heavy atom. The highest BCUT2D eigenvalue weighted by Gasteiger charge is 2.44. The van der Waals surface area contributed by atoms with Gasteiger partial charge in [-0.25, -0.2) is 4.98 Å². The Kier molecular flexibility index (Phi) is 8.42. The summed E-state index contributed by atoms with van der Waals surface area (Å²) in [5.41, 5.74) is 1.14. The number of hydrogen-bond acceptors (Lipinski definition) is 6. The first-order valence-corrected chi connectivity index (χ1v) is 14.1. The van der Waals surface area contributed by atoms with Crippen molar-refractivity contribution >= 4 is 23.2 Å². The molecule has 0 spiro atoms. The van der Waals surface area contributed by atoms with E-state index in [0.29, 0.717) is 49.8 Å². The van der Waals surface area contributed by atoms with E-state index >= 15 is 0 Å². The molecule has 2 saturated heterocycles. The number of ether oxygens (including phenoxy) is 1. The first kappa shape index (κ1) is 29.1. The molecule has 0 radical (unpaired) electrons. The molecular formula is C30H33ClF3N5O2. The topological polar surface area (TPSA) is 70.6 Å². The van der Waals surface area contributed by atoms with Gasteiger partial charge in [-0.1, -0.05) is 17.7 Å². The minimum absolute atomic E-state index is 0.0401. The van der Waals surface area contributed by atoms with Gasteiger partial charge in [0.2, 0.25) is 11.8 Å². The highest BCUT2D eigenvalue weighted by atomic mass is 35.5. The number of anilines is 1. The molecule has 218 valence electrons. The molecule has 1 N–H and O–H groups in total. The summed E-state index contributed by atoms with van der Waals surface area (Å²) in [5.74, 6) is 0.441. The number of hydrogen-bond donors (Lipinski definition) is 1. The highest BCUT2D eigenvalue weighted by Crippen LogP contribution is 2.41. The Morgan fingerprint density at radius 2 is 1.93 bits per heavy atom. The van der Waals surface area contributed by atoms with E-state index in [1.807, 2.05) is 43.1 Å². The third kappa shape index (κ3) is 6.13. The van der Waals surface area contributed by atoms with Crippen LogP contribution in [-0.2, 0) is 16.4 Å². The van der Waals surface area contributed by atoms with Gasteiger partial charge in [-0.3, -0.25) is 9.78 Å². The number of carbonyl (C=O) groups is 1. The van der Waals surface area contributed by atoms with Gasteiger partial charge in [0.05, 0.1) is 39.6 Å². The van der Waals surface area contributed by atoms with Crippen LogP contribution in [0.2, 0.25) is 5.02 Å². The number of pyridine rings is 2. The molecule has 1 amide bonds. The van der Waals surface area contributed by atoms with E-state index < -0.39 is 17.2 Å². The lowest BCUT2D eigenvalue weighted by molar-refractivity contribution is -0.137. The third-order valence-electron chi connectivity index (χ3n) is 8.04. The van der Waals surface area contributed by atoms with Crippen molar-refractivity contribution in [1.29, 1.82) is 0 Å². The summed E-state index contributed by atoms with van der Waals surface area (Å²) < 4.78 is 45.2. The smallest absolute Gasteiger partial charge is 0.416 e. The zero-order valence-electron chi connectivity index (χ0n) is 23.0. The molecule has 2 aliphatic rings. The van der Waals surface area contributed by atoms with Crippen molar-refractivity contribution in [2.75, 3.05) is 44.7 Å². The largest absolute Gasteiger partial charge is 0.477 e. The van der Waals surface area contributed by atoms with Crippen molar-refractivity contribution in [1.82, 2.24) is 20.2 Å². The van der Waals surface area contributed by atoms with E-state index in [1.54, 1.807) is 12.4 Å². The Bertz CT molecular complexity index is 1380. The first-order chi connectivity index (χ1) is 19.6. The second kappa shape index (κ2) is 11.9. The van der Waals surface area contributed by atoms with Crippen molar-refractivity contribution in [3.05, 3.63) is 71.0 Å². The van der Waals surface area contributed by atoms with Crippen LogP contribution < -0.4 is 15.0 Å². The van der Waals surface area contributed by atoms with Gasteiger partial charge < -0.3 is 19.9 Å². The summed E-state index contributed by atoms with van der Waals surface area (Å²) in [6.45, 7) is 4.96. The average molecular weight is 588 g/mol. The molecule has 0 bridgehead atoms. The molecule has 7 nitrogen and oxygen atoms in total. The van der Waals surface area contributed by atoms with Gasteiger partial charge in [0.25, 0.3) is 0 Å². The number of amides is 1. The minimum Gasteiger partial charge on any atom is -0.477 e. The summed E-state index contributed by atoms with van der Waals surface area (Å²) >= 11 is 6.31. The van der Waals surface area contributed by atoms with Crippen LogP contribution in [-0.4, -0.2) is 66.7 Å². The maximum Gasteiger partial charge on any atom is 0.416 e. The molecule has 5 rings (SSSR count). The fraction of sp³-hybridized carbons (Fsp3) is 0.433. The fourth-order valence-corrected chi connectivity index (χ4v) is 6.07. The second-order valence-corrected chi connectivity index (χ2v) is 11.1. The predicted octanol–water partition coefficient (Wildman–Crippen LogP) is 5.57. The molecule has 41 heavy (non-hydrogen) atoms. The van der Waals surface area contributed by atoms with Gasteiger partial charge in [0.1, 0.15) is 0 Å². The zero-order chi connectivity index (χ0) is 29.2. The quantitative estimate of drug-likeness (QED) is 0.390. The minimum atomic E-state index is -4.47. The maximum atomic E-state index is 14.0. The van der Waals surface area contributed by atoms with Crippen LogP contribution in [0, 0.1) is 0 Å². The van der Waals surface area contributed by atoms with Crippen LogP contribution in [0.3, 0.4) is 0 Å². The van der Waals surface area contributed by atoms with Crippen LogP contribution in [0.25, 0.3) is 11.3 Å². The van der Waals surface area contributed by atoms with Gasteiger partial charge in [-0.2, -0.15) is 13.2 Å². The first-order valence-electron chi connectivity index (χ1n) is 13.8. The Labute approximate surface area is 242 Å². The van der Waals surface area contributed by atoms with Crippen molar-refractivity contribution < 1.29 is 22.7 Å². The lowest BCUT2D eigenvalue weighted by Crippen LogP contribution is -2.54. The Hall–Kier alpha value is -3.37. The number of nitrogens with one attached hydrogen (secondary N) is 1. The molecule has 11 heteroatoms. The van der Waals surface area contributed by atoms with Gasteiger partial charge in [-0.05, 0) is 81.7 Å². The van der Waals surface area contributed by atoms with Crippen LogP contribution in [0.1, 0.15) is 37.3 Å². The molecule has 2 aromatic heterocycles. The molecule has 1 atom stereocenters. The second-order valence-electron chi connectivity index (χ2n) is 10.7. The number of likely N-dealkylation sites (tertiary alicyclic amines) is 1. The summed E-state index contributed by atoms with van der Waals surface area (Å²) in [7, 11) is 2.03. The van der Waals surface area contributed by atoms with Gasteiger partial charge in [0, 0.05) is 38.1 Å². The van der Waals surface area contributed by atoms with Crippen LogP contribution >= 0.6 is 11.6 Å². The molecular weight excluding hydrogens is 555 g/mol. The van der Waals surface area contributed by atoms with Gasteiger partial charge >= 0.3 is 6.18 Å². The molecule has 3 aromatic rings. The van der Waals surface area contributed by atoms with E-state index in [0.717, 1.165) is 42.8 Å². The van der Waals surface area contributed by atoms with E-state index in [-0.39, 0.29) is 17.0 Å². The van der Waals surface area contributed by atoms with Crippen molar-refractivity contribution in [2.24, 2.45) is 0 Å². The molecule has 2 fully saturated rings. The number of rotatable bonds is 7. The SMILES string of the molecule is CCOc1ncccc1-c1ccc(C2(C(=O)N[C@H]3CCN(C)C3)CCN(c3ccc(C(F)(F)F)cc3Cl)CC2)cn1. The monoisotopic (exact) mass is 587 g/mol. The molecule has 0 saturated carbocycles. The van der Waals surface area contributed by atoms with Gasteiger partial charge in [0.15, 0.2) is 0 Å². The fourth-order valence-electron chi connectivity index (χ4n) is 5.77. The number of carbonyl (C=O) groups excluding carboxylic acids is 1. The Balaban J connectivity index is 1.42. The molecule has 2 aliphatic heterocycles. The maximum absolute atomic E-state index is 14.0. The van der Waals surface area contributed by atoms with Crippen molar-refractivity contribution in [3.63, 3.8) is 0 Å². The number of halogens is 4. The lowest BCUT2D eigenvalue weighted by Gasteiger charge is -2.42. The zero-order valence-corrected chi connectivity index (χ0v) is 23.8. The van der Waals surface area contributed by atoms with Crippen LogP contribution in [0.5, 0.6) is 5.88 Å². The average Bonchev–Trinajstić information content (AvgIpc) is 3.37.